The molecule has 0 saturated carbocycles. The van der Waals surface area contributed by atoms with Gasteiger partial charge in [-0.05, 0) is 62.1 Å². The number of hydrogen-bond donors (Lipinski definition) is 1. The number of benzene rings is 2. The van der Waals surface area contributed by atoms with Crippen molar-refractivity contribution in [1.82, 2.24) is 4.31 Å². The van der Waals surface area contributed by atoms with E-state index in [9.17, 15) is 18.0 Å². The minimum Gasteiger partial charge on any atom is -0.485 e. The summed E-state index contributed by atoms with van der Waals surface area (Å²) in [5.41, 5.74) is 7.92. The third kappa shape index (κ3) is 4.49. The van der Waals surface area contributed by atoms with Gasteiger partial charge in [0, 0.05) is 18.7 Å². The van der Waals surface area contributed by atoms with Crippen molar-refractivity contribution in [1.29, 1.82) is 0 Å². The molecule has 0 aliphatic carbocycles. The summed E-state index contributed by atoms with van der Waals surface area (Å²) >= 11 is 0. The Labute approximate surface area is 170 Å². The number of nitrogens with zero attached hydrogens (tertiary/aromatic N) is 1. The molecule has 7 nitrogen and oxygen atoms in total. The summed E-state index contributed by atoms with van der Waals surface area (Å²) in [6.07, 6.45) is 1.62. The average Bonchev–Trinajstić information content (AvgIpc) is 3.23. The molecule has 1 amide bonds. The molecule has 2 N–H and O–H groups in total. The van der Waals surface area contributed by atoms with Crippen molar-refractivity contribution < 1.29 is 22.7 Å². The van der Waals surface area contributed by atoms with Crippen molar-refractivity contribution in [3.05, 3.63) is 58.7 Å². The number of hydrogen-bond acceptors (Lipinski definition) is 5. The number of rotatable bonds is 7. The second-order valence-electron chi connectivity index (χ2n) is 7.14. The maximum absolute atomic E-state index is 12.7. The molecule has 0 atom stereocenters. The van der Waals surface area contributed by atoms with Crippen LogP contribution in [0, 0.1) is 13.8 Å². The van der Waals surface area contributed by atoms with Gasteiger partial charge >= 0.3 is 0 Å². The summed E-state index contributed by atoms with van der Waals surface area (Å²) in [4.78, 5) is 24.3. The van der Waals surface area contributed by atoms with Gasteiger partial charge in [-0.2, -0.15) is 4.31 Å². The van der Waals surface area contributed by atoms with Crippen LogP contribution in [0.3, 0.4) is 0 Å². The number of sulfonamides is 1. The molecular weight excluding hydrogens is 392 g/mol. The van der Waals surface area contributed by atoms with Gasteiger partial charge in [0.25, 0.3) is 5.91 Å². The Bertz CT molecular complexity index is 1060. The second kappa shape index (κ2) is 8.34. The number of carbonyl (C=O) groups is 2. The summed E-state index contributed by atoms with van der Waals surface area (Å²) < 4.78 is 32.3. The molecule has 0 spiro atoms. The Morgan fingerprint density at radius 1 is 1.03 bits per heavy atom. The Morgan fingerprint density at radius 2 is 1.72 bits per heavy atom. The van der Waals surface area contributed by atoms with Gasteiger partial charge in [-0.1, -0.05) is 12.1 Å². The van der Waals surface area contributed by atoms with E-state index in [-0.39, 0.29) is 28.6 Å². The van der Waals surface area contributed by atoms with Crippen LogP contribution in [0.25, 0.3) is 0 Å². The highest BCUT2D eigenvalue weighted by molar-refractivity contribution is 7.89. The van der Waals surface area contributed by atoms with Gasteiger partial charge in [0.2, 0.25) is 10.0 Å². The molecule has 0 radical (unpaired) electrons. The van der Waals surface area contributed by atoms with Gasteiger partial charge in [-0.3, -0.25) is 9.59 Å². The zero-order valence-corrected chi connectivity index (χ0v) is 17.3. The van der Waals surface area contributed by atoms with E-state index in [0.29, 0.717) is 18.7 Å². The lowest BCUT2D eigenvalue weighted by molar-refractivity contribution is 0.0912. The highest BCUT2D eigenvalue weighted by atomic mass is 32.2. The number of nitrogens with two attached hydrogens (primary N) is 1. The van der Waals surface area contributed by atoms with Gasteiger partial charge in [-0.25, -0.2) is 8.42 Å². The molecule has 1 fully saturated rings. The van der Waals surface area contributed by atoms with Crippen LogP contribution in [0.1, 0.15) is 44.7 Å². The molecule has 8 heteroatoms. The topological polar surface area (TPSA) is 107 Å². The van der Waals surface area contributed by atoms with Gasteiger partial charge in [0.15, 0.2) is 12.4 Å². The molecule has 0 bridgehead atoms. The lowest BCUT2D eigenvalue weighted by atomic mass is 10.0. The second-order valence-corrected chi connectivity index (χ2v) is 9.08. The third-order valence-corrected chi connectivity index (χ3v) is 7.00. The van der Waals surface area contributed by atoms with E-state index in [4.69, 9.17) is 10.5 Å². The molecule has 0 unspecified atom stereocenters. The Kier molecular flexibility index (Phi) is 6.04. The molecule has 3 rings (SSSR count). The lowest BCUT2D eigenvalue weighted by Gasteiger charge is -2.17. The molecule has 29 heavy (non-hydrogen) atoms. The summed E-state index contributed by atoms with van der Waals surface area (Å²) in [5, 5.41) is 0. The first-order valence-corrected chi connectivity index (χ1v) is 10.8. The van der Waals surface area contributed by atoms with Crippen LogP contribution < -0.4 is 10.5 Å². The molecule has 1 heterocycles. The molecule has 1 aliphatic rings. The van der Waals surface area contributed by atoms with E-state index in [1.165, 1.54) is 22.5 Å². The first kappa shape index (κ1) is 21.0. The fraction of sp³-hybridized carbons (Fsp3) is 0.333. The first-order chi connectivity index (χ1) is 13.7. The van der Waals surface area contributed by atoms with Crippen LogP contribution in [-0.2, 0) is 10.0 Å². The Balaban J connectivity index is 1.81. The fourth-order valence-corrected chi connectivity index (χ4v) is 4.75. The molecule has 0 aromatic heterocycles. The highest BCUT2D eigenvalue weighted by Gasteiger charge is 2.28. The van der Waals surface area contributed by atoms with Gasteiger partial charge in [0.1, 0.15) is 5.75 Å². The number of ether oxygens (including phenoxy) is 1. The monoisotopic (exact) mass is 416 g/mol. The Morgan fingerprint density at radius 3 is 2.34 bits per heavy atom. The van der Waals surface area contributed by atoms with Crippen LogP contribution in [0.5, 0.6) is 5.75 Å². The van der Waals surface area contributed by atoms with Crippen LogP contribution in [-0.4, -0.2) is 44.1 Å². The number of Topliss-reactive ketones (excluding diaryl/α,β-unsaturated/α-hetero) is 1. The molecule has 2 aromatic rings. The summed E-state index contributed by atoms with van der Waals surface area (Å²) in [6, 6.07) is 9.31. The third-order valence-electron chi connectivity index (χ3n) is 5.11. The number of primary amides is 1. The number of carbonyl (C=O) groups excluding carboxylic acids is 2. The SMILES string of the molecule is Cc1ccc(C(=O)COc2ccc(S(=O)(=O)N3CCCC3)cc2C(N)=O)cc1C. The van der Waals surface area contributed by atoms with E-state index in [1.54, 1.807) is 12.1 Å². The van der Waals surface area contributed by atoms with Crippen LogP contribution in [0.2, 0.25) is 0 Å². The van der Waals surface area contributed by atoms with E-state index >= 15 is 0 Å². The predicted molar refractivity (Wildman–Crippen MR) is 109 cm³/mol. The van der Waals surface area contributed by atoms with Crippen LogP contribution in [0.15, 0.2) is 41.3 Å². The minimum atomic E-state index is -3.69. The van der Waals surface area contributed by atoms with Crippen molar-refractivity contribution in [2.45, 2.75) is 31.6 Å². The number of ketones is 1. The summed E-state index contributed by atoms with van der Waals surface area (Å²) in [5.74, 6) is -0.996. The van der Waals surface area contributed by atoms with Gasteiger partial charge in [-0.15, -0.1) is 0 Å². The quantitative estimate of drug-likeness (QED) is 0.698. The maximum Gasteiger partial charge on any atom is 0.252 e. The predicted octanol–water partition coefficient (Wildman–Crippen LogP) is 2.45. The minimum absolute atomic E-state index is 0.0129. The van der Waals surface area contributed by atoms with Crippen molar-refractivity contribution in [2.24, 2.45) is 5.73 Å². The zero-order valence-electron chi connectivity index (χ0n) is 16.5. The molecule has 1 aliphatic heterocycles. The van der Waals surface area contributed by atoms with E-state index in [2.05, 4.69) is 0 Å². The van der Waals surface area contributed by atoms with Crippen LogP contribution in [0.4, 0.5) is 0 Å². The average molecular weight is 416 g/mol. The zero-order chi connectivity index (χ0) is 21.2. The standard InChI is InChI=1S/C21H24N2O5S/c1-14-5-6-16(11-15(14)2)19(24)13-28-20-8-7-17(12-18(20)21(22)25)29(26,27)23-9-3-4-10-23/h5-8,11-12H,3-4,9-10,13H2,1-2H3,(H2,22,25). The molecule has 2 aromatic carbocycles. The Hall–Kier alpha value is -2.71. The van der Waals surface area contributed by atoms with E-state index in [0.717, 1.165) is 24.0 Å². The summed E-state index contributed by atoms with van der Waals surface area (Å²) in [6.45, 7) is 4.49. The number of amides is 1. The fourth-order valence-electron chi connectivity index (χ4n) is 3.21. The normalized spacial score (nSPS) is 14.7. The summed E-state index contributed by atoms with van der Waals surface area (Å²) in [7, 11) is -3.69. The number of aryl methyl sites for hydroxylation is 2. The maximum atomic E-state index is 12.7. The van der Waals surface area contributed by atoms with Crippen molar-refractivity contribution in [3.63, 3.8) is 0 Å². The highest BCUT2D eigenvalue weighted by Crippen LogP contribution is 2.26. The van der Waals surface area contributed by atoms with Gasteiger partial charge in [0.05, 0.1) is 10.5 Å². The van der Waals surface area contributed by atoms with Crippen molar-refractivity contribution >= 4 is 21.7 Å². The van der Waals surface area contributed by atoms with Gasteiger partial charge < -0.3 is 10.5 Å². The lowest BCUT2D eigenvalue weighted by Crippen LogP contribution is -2.28. The van der Waals surface area contributed by atoms with Crippen molar-refractivity contribution in [2.75, 3.05) is 19.7 Å². The largest absolute Gasteiger partial charge is 0.485 e. The first-order valence-electron chi connectivity index (χ1n) is 9.37. The van der Waals surface area contributed by atoms with E-state index in [1.807, 2.05) is 19.9 Å². The van der Waals surface area contributed by atoms with Crippen LogP contribution >= 0.6 is 0 Å². The van der Waals surface area contributed by atoms with Crippen molar-refractivity contribution in [3.8, 4) is 5.75 Å². The van der Waals surface area contributed by atoms with E-state index < -0.39 is 15.9 Å². The smallest absolute Gasteiger partial charge is 0.252 e. The molecule has 154 valence electrons. The molecule has 1 saturated heterocycles. The molecular formula is C21H24N2O5S.